The lowest BCUT2D eigenvalue weighted by Crippen LogP contribution is -2.42. The van der Waals surface area contributed by atoms with Gasteiger partial charge in [0.15, 0.2) is 5.96 Å². The molecule has 0 aliphatic carbocycles. The Morgan fingerprint density at radius 1 is 1.30 bits per heavy atom. The van der Waals surface area contributed by atoms with Crippen molar-refractivity contribution in [2.45, 2.75) is 32.9 Å². The van der Waals surface area contributed by atoms with Gasteiger partial charge in [0.05, 0.1) is 25.9 Å². The van der Waals surface area contributed by atoms with Crippen LogP contribution in [-0.2, 0) is 13.0 Å². The van der Waals surface area contributed by atoms with E-state index in [1.165, 1.54) is 5.56 Å². The van der Waals surface area contributed by atoms with Crippen molar-refractivity contribution in [2.24, 2.45) is 4.99 Å². The molecule has 1 unspecified atom stereocenters. The number of ether oxygens (including phenoxy) is 2. The number of nitrogens with zero attached hydrogens (tertiary/aromatic N) is 2. The average Bonchev–Trinajstić information content (AvgIpc) is 3.06. The molecule has 7 heteroatoms. The van der Waals surface area contributed by atoms with E-state index in [1.54, 1.807) is 14.2 Å². The number of para-hydroxylation sites is 1. The second-order valence-electron chi connectivity index (χ2n) is 6.40. The van der Waals surface area contributed by atoms with E-state index in [2.05, 4.69) is 26.7 Å². The van der Waals surface area contributed by atoms with Crippen molar-refractivity contribution in [1.29, 1.82) is 0 Å². The number of pyridine rings is 1. The minimum Gasteiger partial charge on any atom is -0.496 e. The van der Waals surface area contributed by atoms with Crippen LogP contribution in [0.1, 0.15) is 22.4 Å². The molecule has 3 rings (SSSR count). The van der Waals surface area contributed by atoms with E-state index in [-0.39, 0.29) is 30.1 Å². The summed E-state index contributed by atoms with van der Waals surface area (Å²) in [6.45, 7) is 5.29. The molecule has 1 aliphatic heterocycles. The number of aromatic nitrogens is 1. The summed E-state index contributed by atoms with van der Waals surface area (Å²) >= 11 is 0. The summed E-state index contributed by atoms with van der Waals surface area (Å²) in [5.41, 5.74) is 4.29. The van der Waals surface area contributed by atoms with Crippen molar-refractivity contribution in [3.8, 4) is 11.5 Å². The first kappa shape index (κ1) is 21.3. The molecule has 2 N–H and O–H groups in total. The highest BCUT2D eigenvalue weighted by atomic mass is 127. The number of methoxy groups -OCH3 is 1. The van der Waals surface area contributed by atoms with Gasteiger partial charge < -0.3 is 20.1 Å². The maximum absolute atomic E-state index is 5.95. The second-order valence-corrected chi connectivity index (χ2v) is 6.40. The van der Waals surface area contributed by atoms with Crippen molar-refractivity contribution in [1.82, 2.24) is 15.6 Å². The fourth-order valence-electron chi connectivity index (χ4n) is 3.22. The van der Waals surface area contributed by atoms with Gasteiger partial charge in [0.25, 0.3) is 0 Å². The molecule has 2 aromatic rings. The van der Waals surface area contributed by atoms with Crippen LogP contribution >= 0.6 is 24.0 Å². The van der Waals surface area contributed by atoms with E-state index in [1.807, 2.05) is 38.2 Å². The molecule has 0 bridgehead atoms. The quantitative estimate of drug-likeness (QED) is 0.390. The van der Waals surface area contributed by atoms with E-state index >= 15 is 0 Å². The van der Waals surface area contributed by atoms with Crippen LogP contribution in [0, 0.1) is 13.8 Å². The highest BCUT2D eigenvalue weighted by Crippen LogP contribution is 2.27. The van der Waals surface area contributed by atoms with Gasteiger partial charge in [-0.05, 0) is 25.5 Å². The van der Waals surface area contributed by atoms with Crippen LogP contribution in [0.25, 0.3) is 0 Å². The van der Waals surface area contributed by atoms with E-state index in [0.29, 0.717) is 13.1 Å². The maximum atomic E-state index is 5.95. The highest BCUT2D eigenvalue weighted by Gasteiger charge is 2.22. The molecule has 1 aromatic heterocycles. The number of nitrogens with one attached hydrogen (secondary N) is 2. The first-order chi connectivity index (χ1) is 12.6. The van der Waals surface area contributed by atoms with Crippen molar-refractivity contribution in [2.75, 3.05) is 20.7 Å². The second kappa shape index (κ2) is 9.77. The lowest BCUT2D eigenvalue weighted by atomic mass is 10.1. The number of fused-ring (bicyclic) bond motifs is 1. The van der Waals surface area contributed by atoms with Crippen molar-refractivity contribution in [3.05, 3.63) is 52.8 Å². The number of rotatable bonds is 5. The molecule has 1 aliphatic rings. The molecule has 1 aromatic carbocycles. The molecule has 146 valence electrons. The molecule has 6 nitrogen and oxygen atoms in total. The van der Waals surface area contributed by atoms with E-state index < -0.39 is 0 Å². The van der Waals surface area contributed by atoms with E-state index in [9.17, 15) is 0 Å². The maximum Gasteiger partial charge on any atom is 0.191 e. The number of hydrogen-bond acceptors (Lipinski definition) is 4. The molecule has 0 amide bonds. The Balaban J connectivity index is 0.00000261. The Morgan fingerprint density at radius 2 is 2.07 bits per heavy atom. The molecule has 0 radical (unpaired) electrons. The van der Waals surface area contributed by atoms with Gasteiger partial charge in [-0.3, -0.25) is 9.98 Å². The lowest BCUT2D eigenvalue weighted by molar-refractivity contribution is 0.235. The van der Waals surface area contributed by atoms with Crippen LogP contribution in [0.4, 0.5) is 0 Å². The Kier molecular flexibility index (Phi) is 7.70. The standard InChI is InChI=1S/C20H26N4O2.HI/c1-13-10-22-17(14(2)19(13)25-4)12-24-20(21-3)23-11-16-9-15-7-5-6-8-18(15)26-16;/h5-8,10,16H,9,11-12H2,1-4H3,(H2,21,23,24);1H. The van der Waals surface area contributed by atoms with Crippen LogP contribution in [0.3, 0.4) is 0 Å². The molecular formula is C20H27IN4O2. The van der Waals surface area contributed by atoms with Gasteiger partial charge in [-0.2, -0.15) is 0 Å². The van der Waals surface area contributed by atoms with E-state index in [0.717, 1.165) is 40.7 Å². The molecule has 0 saturated carbocycles. The zero-order valence-electron chi connectivity index (χ0n) is 16.2. The topological polar surface area (TPSA) is 67.8 Å². The minimum atomic E-state index is 0. The fourth-order valence-corrected chi connectivity index (χ4v) is 3.22. The molecule has 27 heavy (non-hydrogen) atoms. The molecule has 0 fully saturated rings. The normalized spacial score (nSPS) is 15.4. The van der Waals surface area contributed by atoms with Crippen molar-refractivity contribution >= 4 is 29.9 Å². The first-order valence-electron chi connectivity index (χ1n) is 8.80. The number of aliphatic imine (C=N–C) groups is 1. The SMILES string of the molecule is CN=C(NCc1ncc(C)c(OC)c1C)NCC1Cc2ccccc2O1.I. The van der Waals surface area contributed by atoms with Gasteiger partial charge in [0.1, 0.15) is 17.6 Å². The van der Waals surface area contributed by atoms with Crippen LogP contribution in [0.2, 0.25) is 0 Å². The third kappa shape index (κ3) is 5.03. The van der Waals surface area contributed by atoms with Crippen LogP contribution in [0.5, 0.6) is 11.5 Å². The third-order valence-corrected chi connectivity index (χ3v) is 4.61. The summed E-state index contributed by atoms with van der Waals surface area (Å²) in [7, 11) is 3.45. The van der Waals surface area contributed by atoms with Gasteiger partial charge in [0.2, 0.25) is 0 Å². The summed E-state index contributed by atoms with van der Waals surface area (Å²) < 4.78 is 11.4. The first-order valence-corrected chi connectivity index (χ1v) is 8.80. The van der Waals surface area contributed by atoms with Crippen LogP contribution in [0.15, 0.2) is 35.5 Å². The van der Waals surface area contributed by atoms with Crippen molar-refractivity contribution < 1.29 is 9.47 Å². The largest absolute Gasteiger partial charge is 0.496 e. The minimum absolute atomic E-state index is 0. The fraction of sp³-hybridized carbons (Fsp3) is 0.400. The summed E-state index contributed by atoms with van der Waals surface area (Å²) in [4.78, 5) is 8.79. The number of aryl methyl sites for hydroxylation is 1. The zero-order chi connectivity index (χ0) is 18.5. The Bertz CT molecular complexity index is 786. The van der Waals surface area contributed by atoms with Gasteiger partial charge >= 0.3 is 0 Å². The zero-order valence-corrected chi connectivity index (χ0v) is 18.5. The summed E-state index contributed by atoms with van der Waals surface area (Å²) in [6, 6.07) is 8.17. The Hall–Kier alpha value is -2.03. The van der Waals surface area contributed by atoms with E-state index in [4.69, 9.17) is 9.47 Å². The molecule has 1 atom stereocenters. The average molecular weight is 482 g/mol. The molecular weight excluding hydrogens is 455 g/mol. The third-order valence-electron chi connectivity index (χ3n) is 4.61. The molecule has 0 spiro atoms. The van der Waals surface area contributed by atoms with Gasteiger partial charge in [-0.15, -0.1) is 24.0 Å². The molecule has 0 saturated heterocycles. The van der Waals surface area contributed by atoms with Crippen LogP contribution in [-0.4, -0.2) is 37.7 Å². The predicted molar refractivity (Wildman–Crippen MR) is 118 cm³/mol. The Morgan fingerprint density at radius 3 is 2.78 bits per heavy atom. The smallest absolute Gasteiger partial charge is 0.191 e. The van der Waals surface area contributed by atoms with Crippen molar-refractivity contribution in [3.63, 3.8) is 0 Å². The summed E-state index contributed by atoms with van der Waals surface area (Å²) in [6.07, 6.45) is 2.86. The highest BCUT2D eigenvalue weighted by molar-refractivity contribution is 14.0. The molecule has 2 heterocycles. The lowest BCUT2D eigenvalue weighted by Gasteiger charge is -2.17. The van der Waals surface area contributed by atoms with Gasteiger partial charge in [-0.1, -0.05) is 18.2 Å². The number of guanidine groups is 1. The summed E-state index contributed by atoms with van der Waals surface area (Å²) in [5.74, 6) is 2.59. The van der Waals surface area contributed by atoms with Crippen LogP contribution < -0.4 is 20.1 Å². The number of halogens is 1. The number of benzene rings is 1. The predicted octanol–water partition coefficient (Wildman–Crippen LogP) is 2.99. The number of hydrogen-bond donors (Lipinski definition) is 2. The van der Waals surface area contributed by atoms with Gasteiger partial charge in [-0.25, -0.2) is 0 Å². The van der Waals surface area contributed by atoms with Gasteiger partial charge in [0, 0.05) is 30.8 Å². The Labute approximate surface area is 177 Å². The summed E-state index contributed by atoms with van der Waals surface area (Å²) in [5, 5.41) is 6.64. The monoisotopic (exact) mass is 482 g/mol.